The number of methoxy groups -OCH3 is 1. The molecule has 1 N–H and O–H groups in total. The number of likely N-dealkylation sites (tertiary alicyclic amines) is 1. The SMILES string of the molecule is CCN1C[C@H](NC(=O)c2ccc3sc(C)nc3c2)[C@@H](OC)C1. The summed E-state index contributed by atoms with van der Waals surface area (Å²) in [4.78, 5) is 19.2. The highest BCUT2D eigenvalue weighted by Gasteiger charge is 2.33. The third-order valence-corrected chi connectivity index (χ3v) is 5.12. The van der Waals surface area contributed by atoms with Gasteiger partial charge in [0, 0.05) is 25.8 Å². The van der Waals surface area contributed by atoms with Gasteiger partial charge in [-0.2, -0.15) is 0 Å². The number of ether oxygens (including phenoxy) is 1. The average molecular weight is 319 g/mol. The molecule has 0 aliphatic carbocycles. The number of rotatable bonds is 4. The smallest absolute Gasteiger partial charge is 0.251 e. The molecule has 1 fully saturated rings. The summed E-state index contributed by atoms with van der Waals surface area (Å²) in [6.45, 7) is 6.76. The van der Waals surface area contributed by atoms with Crippen molar-refractivity contribution in [3.05, 3.63) is 28.8 Å². The number of fused-ring (bicyclic) bond motifs is 1. The minimum absolute atomic E-state index is 0.0327. The Morgan fingerprint density at radius 1 is 1.50 bits per heavy atom. The molecular formula is C16H21N3O2S. The van der Waals surface area contributed by atoms with E-state index in [9.17, 15) is 4.79 Å². The molecule has 0 bridgehead atoms. The normalized spacial score (nSPS) is 22.3. The fraction of sp³-hybridized carbons (Fsp3) is 0.500. The van der Waals surface area contributed by atoms with E-state index < -0.39 is 0 Å². The van der Waals surface area contributed by atoms with Crippen LogP contribution < -0.4 is 5.32 Å². The van der Waals surface area contributed by atoms with Crippen LogP contribution in [0.25, 0.3) is 10.2 Å². The highest BCUT2D eigenvalue weighted by atomic mass is 32.1. The largest absolute Gasteiger partial charge is 0.378 e. The molecule has 1 aliphatic rings. The molecule has 1 amide bonds. The van der Waals surface area contributed by atoms with Crippen molar-refractivity contribution >= 4 is 27.5 Å². The first kappa shape index (κ1) is 15.4. The van der Waals surface area contributed by atoms with E-state index in [1.165, 1.54) is 0 Å². The number of hydrogen-bond acceptors (Lipinski definition) is 5. The van der Waals surface area contributed by atoms with Crippen LogP contribution in [0.15, 0.2) is 18.2 Å². The summed E-state index contributed by atoms with van der Waals surface area (Å²) in [6, 6.07) is 5.73. The van der Waals surface area contributed by atoms with Crippen molar-refractivity contribution in [2.75, 3.05) is 26.7 Å². The maximum absolute atomic E-state index is 12.5. The van der Waals surface area contributed by atoms with E-state index in [-0.39, 0.29) is 18.1 Å². The van der Waals surface area contributed by atoms with Crippen molar-refractivity contribution in [1.82, 2.24) is 15.2 Å². The molecule has 0 radical (unpaired) electrons. The minimum Gasteiger partial charge on any atom is -0.378 e. The summed E-state index contributed by atoms with van der Waals surface area (Å²) >= 11 is 1.64. The zero-order valence-electron chi connectivity index (χ0n) is 13.1. The molecule has 6 heteroatoms. The summed E-state index contributed by atoms with van der Waals surface area (Å²) in [7, 11) is 1.70. The Balaban J connectivity index is 1.75. The molecule has 1 aliphatic heterocycles. The highest BCUT2D eigenvalue weighted by Crippen LogP contribution is 2.22. The number of nitrogens with one attached hydrogen (secondary N) is 1. The molecule has 118 valence electrons. The number of aryl methyl sites for hydroxylation is 1. The van der Waals surface area contributed by atoms with Crippen LogP contribution in [0.4, 0.5) is 0 Å². The number of carbonyl (C=O) groups is 1. The zero-order valence-corrected chi connectivity index (χ0v) is 13.9. The first-order valence-electron chi connectivity index (χ1n) is 7.54. The van der Waals surface area contributed by atoms with Gasteiger partial charge in [-0.1, -0.05) is 6.92 Å². The fourth-order valence-corrected chi connectivity index (χ4v) is 3.73. The highest BCUT2D eigenvalue weighted by molar-refractivity contribution is 7.18. The predicted octanol–water partition coefficient (Wildman–Crippen LogP) is 2.05. The fourth-order valence-electron chi connectivity index (χ4n) is 2.92. The molecule has 1 saturated heterocycles. The van der Waals surface area contributed by atoms with Gasteiger partial charge in [-0.05, 0) is 31.7 Å². The van der Waals surface area contributed by atoms with Crippen molar-refractivity contribution in [3.63, 3.8) is 0 Å². The lowest BCUT2D eigenvalue weighted by Gasteiger charge is -2.18. The van der Waals surface area contributed by atoms with E-state index in [1.54, 1.807) is 18.4 Å². The van der Waals surface area contributed by atoms with Gasteiger partial charge < -0.3 is 10.1 Å². The summed E-state index contributed by atoms with van der Waals surface area (Å²) < 4.78 is 6.61. The van der Waals surface area contributed by atoms with Crippen LogP contribution in [-0.2, 0) is 4.74 Å². The molecule has 2 aromatic rings. The van der Waals surface area contributed by atoms with Crippen LogP contribution in [-0.4, -0.2) is 54.7 Å². The van der Waals surface area contributed by atoms with E-state index in [0.717, 1.165) is 34.9 Å². The molecule has 22 heavy (non-hydrogen) atoms. The summed E-state index contributed by atoms with van der Waals surface area (Å²) in [5, 5.41) is 4.12. The van der Waals surface area contributed by atoms with Crippen LogP contribution in [0.5, 0.6) is 0 Å². The topological polar surface area (TPSA) is 54.5 Å². The summed E-state index contributed by atoms with van der Waals surface area (Å²) in [6.07, 6.45) is 0.0501. The molecule has 0 spiro atoms. The lowest BCUT2D eigenvalue weighted by molar-refractivity contribution is 0.0762. The Hall–Kier alpha value is -1.50. The molecule has 3 rings (SSSR count). The molecular weight excluding hydrogens is 298 g/mol. The van der Waals surface area contributed by atoms with Gasteiger partial charge in [-0.15, -0.1) is 11.3 Å². The number of hydrogen-bond donors (Lipinski definition) is 1. The third kappa shape index (κ3) is 2.99. The van der Waals surface area contributed by atoms with E-state index >= 15 is 0 Å². The maximum Gasteiger partial charge on any atom is 0.251 e. The lowest BCUT2D eigenvalue weighted by Crippen LogP contribution is -2.43. The van der Waals surface area contributed by atoms with Crippen LogP contribution in [0.2, 0.25) is 0 Å². The molecule has 2 heterocycles. The summed E-state index contributed by atoms with van der Waals surface area (Å²) in [5.74, 6) is -0.0578. The maximum atomic E-state index is 12.5. The Morgan fingerprint density at radius 2 is 2.32 bits per heavy atom. The molecule has 2 atom stereocenters. The van der Waals surface area contributed by atoms with Crippen LogP contribution >= 0.6 is 11.3 Å². The van der Waals surface area contributed by atoms with Crippen LogP contribution in [0.1, 0.15) is 22.3 Å². The number of likely N-dealkylation sites (N-methyl/N-ethyl adjacent to an activating group) is 1. The number of amides is 1. The number of aromatic nitrogens is 1. The second-order valence-electron chi connectivity index (χ2n) is 5.62. The Labute approximate surface area is 134 Å². The van der Waals surface area contributed by atoms with Gasteiger partial charge in [0.25, 0.3) is 5.91 Å². The quantitative estimate of drug-likeness (QED) is 0.937. The van der Waals surface area contributed by atoms with Crippen molar-refractivity contribution in [1.29, 1.82) is 0 Å². The first-order chi connectivity index (χ1) is 10.6. The standard InChI is InChI=1S/C16H21N3O2S/c1-4-19-8-13(14(9-19)21-3)18-16(20)11-5-6-15-12(7-11)17-10(2)22-15/h5-7,13-14H,4,8-9H2,1-3H3,(H,18,20)/t13-,14-/m0/s1. The Bertz CT molecular complexity index is 685. The van der Waals surface area contributed by atoms with Gasteiger partial charge in [0.2, 0.25) is 0 Å². The van der Waals surface area contributed by atoms with Gasteiger partial charge in [0.1, 0.15) is 0 Å². The average Bonchev–Trinajstić information content (AvgIpc) is 3.07. The Morgan fingerprint density at radius 3 is 3.05 bits per heavy atom. The molecule has 1 aromatic heterocycles. The van der Waals surface area contributed by atoms with Crippen LogP contribution in [0, 0.1) is 6.92 Å². The van der Waals surface area contributed by atoms with Gasteiger partial charge in [-0.3, -0.25) is 9.69 Å². The number of nitrogens with zero attached hydrogens (tertiary/aromatic N) is 2. The van der Waals surface area contributed by atoms with Gasteiger partial charge in [-0.25, -0.2) is 4.98 Å². The first-order valence-corrected chi connectivity index (χ1v) is 8.35. The summed E-state index contributed by atoms with van der Waals surface area (Å²) in [5.41, 5.74) is 1.54. The third-order valence-electron chi connectivity index (χ3n) is 4.16. The number of benzene rings is 1. The second kappa shape index (κ2) is 6.32. The minimum atomic E-state index is -0.0578. The van der Waals surface area contributed by atoms with Gasteiger partial charge >= 0.3 is 0 Å². The van der Waals surface area contributed by atoms with Crippen LogP contribution in [0.3, 0.4) is 0 Å². The second-order valence-corrected chi connectivity index (χ2v) is 6.86. The van der Waals surface area contributed by atoms with E-state index in [2.05, 4.69) is 22.1 Å². The molecule has 0 saturated carbocycles. The van der Waals surface area contributed by atoms with Crippen molar-refractivity contribution in [2.24, 2.45) is 0 Å². The van der Waals surface area contributed by atoms with Crippen molar-refractivity contribution in [2.45, 2.75) is 26.0 Å². The lowest BCUT2D eigenvalue weighted by atomic mass is 10.1. The monoisotopic (exact) mass is 319 g/mol. The molecule has 5 nitrogen and oxygen atoms in total. The predicted molar refractivity (Wildman–Crippen MR) is 88.5 cm³/mol. The van der Waals surface area contributed by atoms with E-state index in [1.807, 2.05) is 25.1 Å². The van der Waals surface area contributed by atoms with Crippen molar-refractivity contribution < 1.29 is 9.53 Å². The number of thiazole rings is 1. The molecule has 1 aromatic carbocycles. The van der Waals surface area contributed by atoms with Crippen molar-refractivity contribution in [3.8, 4) is 0 Å². The zero-order chi connectivity index (χ0) is 15.7. The molecule has 0 unspecified atom stereocenters. The van der Waals surface area contributed by atoms with E-state index in [4.69, 9.17) is 4.74 Å². The number of carbonyl (C=O) groups excluding carboxylic acids is 1. The van der Waals surface area contributed by atoms with E-state index in [0.29, 0.717) is 5.56 Å². The Kier molecular flexibility index (Phi) is 4.42. The van der Waals surface area contributed by atoms with Gasteiger partial charge in [0.15, 0.2) is 0 Å². The van der Waals surface area contributed by atoms with Gasteiger partial charge in [0.05, 0.1) is 27.4 Å².